The predicted molar refractivity (Wildman–Crippen MR) is 96.5 cm³/mol. The van der Waals surface area contributed by atoms with Gasteiger partial charge < -0.3 is 15.0 Å². The number of anilines is 1. The van der Waals surface area contributed by atoms with Gasteiger partial charge in [-0.05, 0) is 38.1 Å². The van der Waals surface area contributed by atoms with E-state index in [1.807, 2.05) is 11.9 Å². The van der Waals surface area contributed by atoms with E-state index < -0.39 is 11.7 Å². The summed E-state index contributed by atoms with van der Waals surface area (Å²) in [7, 11) is 5.28. The minimum Gasteiger partial charge on any atom is -0.384 e. The number of nitrogens with zero attached hydrogens (tertiary/aromatic N) is 2. The summed E-state index contributed by atoms with van der Waals surface area (Å²) in [6.07, 6.45) is -3.11. The topological polar surface area (TPSA) is 44.8 Å². The third kappa shape index (κ3) is 4.55. The summed E-state index contributed by atoms with van der Waals surface area (Å²) >= 11 is 0. The fraction of sp³-hybridized carbons (Fsp3) is 0.632. The quantitative estimate of drug-likeness (QED) is 0.866. The summed E-state index contributed by atoms with van der Waals surface area (Å²) in [5.41, 5.74) is 0.641. The Morgan fingerprint density at radius 1 is 1.26 bits per heavy atom. The Morgan fingerprint density at radius 2 is 2.00 bits per heavy atom. The summed E-state index contributed by atoms with van der Waals surface area (Å²) < 4.78 is 45.6. The molecule has 1 aromatic rings. The molecular weight excluding hydrogens is 359 g/mol. The van der Waals surface area contributed by atoms with Crippen LogP contribution in [0.3, 0.4) is 0 Å². The highest BCUT2D eigenvalue weighted by Crippen LogP contribution is 2.44. The normalized spacial score (nSPS) is 24.8. The zero-order valence-corrected chi connectivity index (χ0v) is 15.8. The van der Waals surface area contributed by atoms with Crippen molar-refractivity contribution in [1.82, 2.24) is 9.80 Å². The molecule has 0 radical (unpaired) electrons. The molecule has 5 nitrogen and oxygen atoms in total. The number of likely N-dealkylation sites (N-methyl/N-ethyl adjacent to an activating group) is 2. The first-order valence-corrected chi connectivity index (χ1v) is 9.14. The van der Waals surface area contributed by atoms with Gasteiger partial charge in [-0.3, -0.25) is 9.69 Å². The van der Waals surface area contributed by atoms with Crippen LogP contribution >= 0.6 is 0 Å². The molecule has 0 spiro atoms. The molecule has 2 aliphatic heterocycles. The molecule has 1 fully saturated rings. The van der Waals surface area contributed by atoms with Gasteiger partial charge in [0, 0.05) is 44.4 Å². The Hall–Kier alpha value is -1.80. The van der Waals surface area contributed by atoms with Crippen molar-refractivity contribution in [3.63, 3.8) is 0 Å². The molecule has 0 aliphatic carbocycles. The van der Waals surface area contributed by atoms with Crippen LogP contribution in [-0.2, 0) is 15.7 Å². The number of rotatable bonds is 4. The van der Waals surface area contributed by atoms with Crippen molar-refractivity contribution in [3.05, 3.63) is 29.3 Å². The SMILES string of the molecule is CN(CC(=O)N(C)C)CC1CCC2CNc3ccc(C(F)(F)F)cc3C2O1. The lowest BCUT2D eigenvalue weighted by Crippen LogP contribution is -2.43. The monoisotopic (exact) mass is 385 g/mol. The van der Waals surface area contributed by atoms with E-state index in [0.717, 1.165) is 18.9 Å². The standard InChI is InChI=1S/C19H26F3N3O2/c1-24(2)17(26)11-25(3)10-14-6-4-12-9-23-16-7-5-13(19(20,21)22)8-15(16)18(12)27-14/h5,7-8,12,14,18,23H,4,6,9-11H2,1-3H3. The summed E-state index contributed by atoms with van der Waals surface area (Å²) in [5, 5.41) is 3.23. The summed E-state index contributed by atoms with van der Waals surface area (Å²) in [6, 6.07) is 3.80. The van der Waals surface area contributed by atoms with Gasteiger partial charge >= 0.3 is 6.18 Å². The molecule has 0 bridgehead atoms. The Morgan fingerprint density at radius 3 is 2.67 bits per heavy atom. The van der Waals surface area contributed by atoms with Gasteiger partial charge in [-0.2, -0.15) is 13.2 Å². The molecule has 3 atom stereocenters. The van der Waals surface area contributed by atoms with Crippen LogP contribution in [0.15, 0.2) is 18.2 Å². The number of fused-ring (bicyclic) bond motifs is 3. The number of hydrogen-bond donors (Lipinski definition) is 1. The molecule has 150 valence electrons. The fourth-order valence-corrected chi connectivity index (χ4v) is 3.77. The number of halogens is 3. The third-order valence-corrected chi connectivity index (χ3v) is 5.29. The van der Waals surface area contributed by atoms with Gasteiger partial charge in [-0.25, -0.2) is 0 Å². The molecule has 1 saturated heterocycles. The molecule has 8 heteroatoms. The smallest absolute Gasteiger partial charge is 0.384 e. The van der Waals surface area contributed by atoms with Crippen LogP contribution in [0.25, 0.3) is 0 Å². The molecule has 1 amide bonds. The Labute approximate surface area is 157 Å². The number of hydrogen-bond acceptors (Lipinski definition) is 4. The fourth-order valence-electron chi connectivity index (χ4n) is 3.77. The zero-order valence-electron chi connectivity index (χ0n) is 15.8. The van der Waals surface area contributed by atoms with Crippen LogP contribution in [-0.4, -0.2) is 62.6 Å². The number of amides is 1. The van der Waals surface area contributed by atoms with E-state index in [1.54, 1.807) is 14.1 Å². The first kappa shape index (κ1) is 19.9. The molecule has 3 rings (SSSR count). The Bertz CT molecular complexity index is 693. The van der Waals surface area contributed by atoms with Gasteiger partial charge in [0.1, 0.15) is 0 Å². The number of alkyl halides is 3. The lowest BCUT2D eigenvalue weighted by atomic mass is 9.83. The van der Waals surface area contributed by atoms with Crippen LogP contribution < -0.4 is 5.32 Å². The van der Waals surface area contributed by atoms with E-state index in [2.05, 4.69) is 5.32 Å². The van der Waals surface area contributed by atoms with Crippen molar-refractivity contribution >= 4 is 11.6 Å². The van der Waals surface area contributed by atoms with Crippen LogP contribution in [0.2, 0.25) is 0 Å². The summed E-state index contributed by atoms with van der Waals surface area (Å²) in [6.45, 7) is 1.56. The highest BCUT2D eigenvalue weighted by atomic mass is 19.4. The highest BCUT2D eigenvalue weighted by Gasteiger charge is 2.39. The molecule has 2 aliphatic rings. The molecule has 0 saturated carbocycles. The first-order chi connectivity index (χ1) is 12.6. The van der Waals surface area contributed by atoms with Gasteiger partial charge in [0.15, 0.2) is 0 Å². The van der Waals surface area contributed by atoms with Crippen molar-refractivity contribution in [2.45, 2.75) is 31.2 Å². The number of nitrogens with one attached hydrogen (secondary N) is 1. The van der Waals surface area contributed by atoms with E-state index in [1.165, 1.54) is 17.0 Å². The van der Waals surface area contributed by atoms with E-state index in [4.69, 9.17) is 4.74 Å². The molecule has 27 heavy (non-hydrogen) atoms. The lowest BCUT2D eigenvalue weighted by molar-refractivity contribution is -0.138. The first-order valence-electron chi connectivity index (χ1n) is 9.14. The largest absolute Gasteiger partial charge is 0.416 e. The second-order valence-corrected chi connectivity index (χ2v) is 7.68. The average Bonchev–Trinajstić information content (AvgIpc) is 2.60. The highest BCUT2D eigenvalue weighted by molar-refractivity contribution is 5.77. The minimum absolute atomic E-state index is 0.00761. The molecule has 2 heterocycles. The summed E-state index contributed by atoms with van der Waals surface area (Å²) in [4.78, 5) is 15.3. The maximum absolute atomic E-state index is 13.1. The van der Waals surface area contributed by atoms with Gasteiger partial charge in [-0.15, -0.1) is 0 Å². The second kappa shape index (κ2) is 7.67. The van der Waals surface area contributed by atoms with Gasteiger partial charge in [0.2, 0.25) is 5.91 Å². The molecular formula is C19H26F3N3O2. The molecule has 1 aromatic carbocycles. The number of benzene rings is 1. The zero-order chi connectivity index (χ0) is 19.8. The van der Waals surface area contributed by atoms with E-state index in [-0.39, 0.29) is 30.6 Å². The average molecular weight is 385 g/mol. The van der Waals surface area contributed by atoms with Gasteiger partial charge in [-0.1, -0.05) is 0 Å². The number of carbonyl (C=O) groups excluding carboxylic acids is 1. The van der Waals surface area contributed by atoms with Crippen LogP contribution in [0, 0.1) is 5.92 Å². The maximum Gasteiger partial charge on any atom is 0.416 e. The van der Waals surface area contributed by atoms with Gasteiger partial charge in [0.05, 0.1) is 24.3 Å². The van der Waals surface area contributed by atoms with Gasteiger partial charge in [0.25, 0.3) is 0 Å². The number of carbonyl (C=O) groups is 1. The third-order valence-electron chi connectivity index (χ3n) is 5.29. The predicted octanol–water partition coefficient (Wildman–Crippen LogP) is 2.99. The van der Waals surface area contributed by atoms with Crippen LogP contribution in [0.4, 0.5) is 18.9 Å². The maximum atomic E-state index is 13.1. The second-order valence-electron chi connectivity index (χ2n) is 7.68. The van der Waals surface area contributed by atoms with Crippen LogP contribution in [0.1, 0.15) is 30.1 Å². The summed E-state index contributed by atoms with van der Waals surface area (Å²) in [5.74, 6) is 0.166. The van der Waals surface area contributed by atoms with Crippen LogP contribution in [0.5, 0.6) is 0 Å². The van der Waals surface area contributed by atoms with Crippen molar-refractivity contribution in [2.24, 2.45) is 5.92 Å². The lowest BCUT2D eigenvalue weighted by Gasteiger charge is -2.42. The van der Waals surface area contributed by atoms with E-state index >= 15 is 0 Å². The van der Waals surface area contributed by atoms with E-state index in [0.29, 0.717) is 24.3 Å². The Balaban J connectivity index is 1.72. The molecule has 0 aromatic heterocycles. The molecule has 3 unspecified atom stereocenters. The minimum atomic E-state index is -4.37. The van der Waals surface area contributed by atoms with Crippen molar-refractivity contribution < 1.29 is 22.7 Å². The van der Waals surface area contributed by atoms with E-state index in [9.17, 15) is 18.0 Å². The van der Waals surface area contributed by atoms with Crippen molar-refractivity contribution in [2.75, 3.05) is 46.1 Å². The van der Waals surface area contributed by atoms with Crippen molar-refractivity contribution in [1.29, 1.82) is 0 Å². The van der Waals surface area contributed by atoms with Crippen molar-refractivity contribution in [3.8, 4) is 0 Å². The number of ether oxygens (including phenoxy) is 1. The molecule has 1 N–H and O–H groups in total. The Kier molecular flexibility index (Phi) is 5.67.